The number of alkyl halides is 2. The Balaban J connectivity index is 1.62. The van der Waals surface area contributed by atoms with Crippen LogP contribution in [0.5, 0.6) is 0 Å². The number of halogens is 2. The smallest absolute Gasteiger partial charge is 0.231 e. The Morgan fingerprint density at radius 3 is 2.57 bits per heavy atom. The maximum atomic E-state index is 12.5. The molecule has 6 heteroatoms. The number of rotatable bonds is 5. The van der Waals surface area contributed by atoms with Gasteiger partial charge in [0.1, 0.15) is 4.33 Å². The number of amides is 1. The molecule has 1 heterocycles. The van der Waals surface area contributed by atoms with Gasteiger partial charge in [0.25, 0.3) is 0 Å². The van der Waals surface area contributed by atoms with Gasteiger partial charge in [-0.3, -0.25) is 9.48 Å². The van der Waals surface area contributed by atoms with Crippen molar-refractivity contribution in [3.8, 4) is 0 Å². The van der Waals surface area contributed by atoms with Crippen molar-refractivity contribution in [2.45, 2.75) is 30.8 Å². The van der Waals surface area contributed by atoms with Gasteiger partial charge in [-0.05, 0) is 18.9 Å². The summed E-state index contributed by atoms with van der Waals surface area (Å²) in [5.74, 6) is -0.0293. The van der Waals surface area contributed by atoms with Crippen LogP contribution in [0.3, 0.4) is 0 Å². The minimum atomic E-state index is -0.935. The second-order valence-corrected chi connectivity index (χ2v) is 7.89. The Morgan fingerprint density at radius 1 is 1.30 bits per heavy atom. The molecule has 0 bridgehead atoms. The molecule has 1 aromatic carbocycles. The van der Waals surface area contributed by atoms with E-state index in [0.717, 1.165) is 5.56 Å². The highest BCUT2D eigenvalue weighted by atomic mass is 35.5. The largest absolute Gasteiger partial charge is 0.341 e. The fourth-order valence-corrected chi connectivity index (χ4v) is 3.44. The first-order valence-electron chi connectivity index (χ1n) is 7.50. The molecule has 122 valence electrons. The number of hydrogen-bond donors (Lipinski definition) is 0. The summed E-state index contributed by atoms with van der Waals surface area (Å²) >= 11 is 12.2. The van der Waals surface area contributed by atoms with E-state index in [4.69, 9.17) is 23.2 Å². The molecule has 1 aromatic heterocycles. The lowest BCUT2D eigenvalue weighted by Gasteiger charge is -2.21. The lowest BCUT2D eigenvalue weighted by Crippen LogP contribution is -2.34. The summed E-state index contributed by atoms with van der Waals surface area (Å²) in [5.41, 5.74) is 1.49. The third-order valence-electron chi connectivity index (χ3n) is 4.37. The van der Waals surface area contributed by atoms with E-state index in [0.29, 0.717) is 19.5 Å². The van der Waals surface area contributed by atoms with Crippen LogP contribution in [0.15, 0.2) is 42.7 Å². The predicted molar refractivity (Wildman–Crippen MR) is 91.4 cm³/mol. The van der Waals surface area contributed by atoms with Crippen LogP contribution in [0.1, 0.15) is 24.5 Å². The maximum absolute atomic E-state index is 12.5. The average Bonchev–Trinajstić information content (AvgIpc) is 2.83. The number of nitrogens with zero attached hydrogens (tertiary/aromatic N) is 3. The van der Waals surface area contributed by atoms with E-state index < -0.39 is 9.75 Å². The molecule has 1 amide bonds. The zero-order valence-corrected chi connectivity index (χ0v) is 14.7. The molecule has 1 atom stereocenters. The Labute approximate surface area is 146 Å². The van der Waals surface area contributed by atoms with Gasteiger partial charge in [0.15, 0.2) is 0 Å². The summed E-state index contributed by atoms with van der Waals surface area (Å²) in [6, 6.07) is 10.1. The van der Waals surface area contributed by atoms with Gasteiger partial charge in [0, 0.05) is 25.4 Å². The summed E-state index contributed by atoms with van der Waals surface area (Å²) in [4.78, 5) is 14.1. The molecule has 0 spiro atoms. The number of benzene rings is 1. The fourth-order valence-electron chi connectivity index (χ4n) is 2.74. The second-order valence-electron chi connectivity index (χ2n) is 6.41. The Morgan fingerprint density at radius 2 is 1.96 bits per heavy atom. The molecule has 3 rings (SSSR count). The molecule has 1 aliphatic rings. The molecule has 1 fully saturated rings. The van der Waals surface area contributed by atoms with Crippen molar-refractivity contribution >= 4 is 29.1 Å². The second kappa shape index (κ2) is 5.84. The van der Waals surface area contributed by atoms with Crippen molar-refractivity contribution in [1.82, 2.24) is 14.7 Å². The van der Waals surface area contributed by atoms with Gasteiger partial charge in [0.2, 0.25) is 5.91 Å². The summed E-state index contributed by atoms with van der Waals surface area (Å²) in [7, 11) is 1.77. The van der Waals surface area contributed by atoms with Crippen molar-refractivity contribution < 1.29 is 4.79 Å². The lowest BCUT2D eigenvalue weighted by molar-refractivity contribution is -0.135. The lowest BCUT2D eigenvalue weighted by atomic mass is 10.1. The molecule has 0 radical (unpaired) electrons. The van der Waals surface area contributed by atoms with Crippen molar-refractivity contribution in [3.63, 3.8) is 0 Å². The normalized spacial score (nSPS) is 21.9. The first-order valence-corrected chi connectivity index (χ1v) is 8.26. The van der Waals surface area contributed by atoms with Crippen LogP contribution >= 0.6 is 23.2 Å². The summed E-state index contributed by atoms with van der Waals surface area (Å²) in [6.07, 6.45) is 4.25. The van der Waals surface area contributed by atoms with Crippen LogP contribution in [-0.2, 0) is 17.9 Å². The predicted octanol–water partition coefficient (Wildman–Crippen LogP) is 3.47. The molecule has 0 aliphatic heterocycles. The molecule has 1 saturated carbocycles. The van der Waals surface area contributed by atoms with Gasteiger partial charge in [0.05, 0.1) is 18.2 Å². The van der Waals surface area contributed by atoms with Crippen molar-refractivity contribution in [2.75, 3.05) is 7.05 Å². The Bertz CT molecular complexity index is 714. The van der Waals surface area contributed by atoms with Crippen LogP contribution in [0.25, 0.3) is 0 Å². The average molecular weight is 352 g/mol. The van der Waals surface area contributed by atoms with E-state index >= 15 is 0 Å². The molecule has 1 unspecified atom stereocenters. The fraction of sp³-hybridized carbons (Fsp3) is 0.412. The highest BCUT2D eigenvalue weighted by Crippen LogP contribution is 2.64. The molecule has 4 nitrogen and oxygen atoms in total. The van der Waals surface area contributed by atoms with Crippen molar-refractivity contribution in [3.05, 3.63) is 53.9 Å². The number of carbonyl (C=O) groups is 1. The standard InChI is InChI=1S/C17H19Cl2N3O/c1-16(12-17(16,18)19)15(23)21(2)9-14-8-20-22(11-14)10-13-6-4-3-5-7-13/h3-8,11H,9-10,12H2,1-2H3. The SMILES string of the molecule is CN(Cc1cnn(Cc2ccccc2)c1)C(=O)C1(C)CC1(Cl)Cl. The number of carbonyl (C=O) groups excluding carboxylic acids is 1. The van der Waals surface area contributed by atoms with Crippen molar-refractivity contribution in [1.29, 1.82) is 0 Å². The summed E-state index contributed by atoms with van der Waals surface area (Å²) in [6.45, 7) is 3.01. The van der Waals surface area contributed by atoms with Gasteiger partial charge < -0.3 is 4.90 Å². The third kappa shape index (κ3) is 3.24. The highest BCUT2D eigenvalue weighted by molar-refractivity contribution is 6.53. The summed E-state index contributed by atoms with van der Waals surface area (Å²) in [5, 5.41) is 4.36. The van der Waals surface area contributed by atoms with Crippen LogP contribution in [-0.4, -0.2) is 32.0 Å². The van der Waals surface area contributed by atoms with Crippen LogP contribution < -0.4 is 0 Å². The molecule has 23 heavy (non-hydrogen) atoms. The first-order chi connectivity index (χ1) is 10.8. The molecule has 2 aromatic rings. The number of aromatic nitrogens is 2. The quantitative estimate of drug-likeness (QED) is 0.773. The monoisotopic (exact) mass is 351 g/mol. The highest BCUT2D eigenvalue weighted by Gasteiger charge is 2.68. The minimum Gasteiger partial charge on any atom is -0.341 e. The molecule has 0 N–H and O–H groups in total. The maximum Gasteiger partial charge on any atom is 0.231 e. The summed E-state index contributed by atoms with van der Waals surface area (Å²) < 4.78 is 0.936. The van der Waals surface area contributed by atoms with Crippen LogP contribution in [0.2, 0.25) is 0 Å². The molecular formula is C17H19Cl2N3O. The Hall–Kier alpha value is -1.52. The zero-order valence-electron chi connectivity index (χ0n) is 13.2. The molecule has 1 aliphatic carbocycles. The van der Waals surface area contributed by atoms with E-state index in [2.05, 4.69) is 17.2 Å². The van der Waals surface area contributed by atoms with Crippen molar-refractivity contribution in [2.24, 2.45) is 5.41 Å². The first kappa shape index (κ1) is 16.3. The number of hydrogen-bond acceptors (Lipinski definition) is 2. The molecular weight excluding hydrogens is 333 g/mol. The minimum absolute atomic E-state index is 0.0293. The third-order valence-corrected chi connectivity index (χ3v) is 5.47. The Kier molecular flexibility index (Phi) is 4.15. The van der Waals surface area contributed by atoms with Crippen LogP contribution in [0, 0.1) is 5.41 Å². The van der Waals surface area contributed by atoms with E-state index in [9.17, 15) is 4.79 Å². The van der Waals surface area contributed by atoms with Gasteiger partial charge >= 0.3 is 0 Å². The molecule has 0 saturated heterocycles. The van der Waals surface area contributed by atoms with Gasteiger partial charge in [-0.1, -0.05) is 30.3 Å². The van der Waals surface area contributed by atoms with Gasteiger partial charge in [-0.15, -0.1) is 23.2 Å². The van der Waals surface area contributed by atoms with Gasteiger partial charge in [-0.2, -0.15) is 5.10 Å². The van der Waals surface area contributed by atoms with Crippen LogP contribution in [0.4, 0.5) is 0 Å². The van der Waals surface area contributed by atoms with Gasteiger partial charge in [-0.25, -0.2) is 0 Å². The zero-order chi connectivity index (χ0) is 16.7. The van der Waals surface area contributed by atoms with E-state index in [1.165, 1.54) is 5.56 Å². The van der Waals surface area contributed by atoms with E-state index in [1.807, 2.05) is 36.0 Å². The topological polar surface area (TPSA) is 38.1 Å². The van der Waals surface area contributed by atoms with E-state index in [-0.39, 0.29) is 5.91 Å². The van der Waals surface area contributed by atoms with E-state index in [1.54, 1.807) is 18.1 Å².